The van der Waals surface area contributed by atoms with E-state index in [1.54, 1.807) is 19.5 Å². The van der Waals surface area contributed by atoms with Crippen molar-refractivity contribution in [1.82, 2.24) is 9.97 Å². The summed E-state index contributed by atoms with van der Waals surface area (Å²) in [7, 11) is 1.67. The molecule has 3 heteroatoms. The quantitative estimate of drug-likeness (QED) is 0.807. The number of hydrogen-bond acceptors (Lipinski definition) is 3. The van der Waals surface area contributed by atoms with Gasteiger partial charge in [0.25, 0.3) is 0 Å². The largest absolute Gasteiger partial charge is 0.497 e. The molecule has 0 aliphatic carbocycles. The Morgan fingerprint density at radius 2 is 1.71 bits per heavy atom. The number of hydrogen-bond donors (Lipinski definition) is 0. The minimum Gasteiger partial charge on any atom is -0.497 e. The van der Waals surface area contributed by atoms with Crippen LogP contribution in [-0.4, -0.2) is 17.1 Å². The molecule has 0 spiro atoms. The van der Waals surface area contributed by atoms with Crippen molar-refractivity contribution < 1.29 is 4.74 Å². The van der Waals surface area contributed by atoms with Crippen molar-refractivity contribution in [2.75, 3.05) is 7.11 Å². The van der Waals surface area contributed by atoms with Crippen LogP contribution in [0.4, 0.5) is 0 Å². The fourth-order valence-corrected chi connectivity index (χ4v) is 1.58. The number of methoxy groups -OCH3 is 1. The third-order valence-electron chi connectivity index (χ3n) is 2.36. The molecule has 0 saturated carbocycles. The van der Waals surface area contributed by atoms with Gasteiger partial charge in [-0.05, 0) is 30.2 Å². The van der Waals surface area contributed by atoms with Gasteiger partial charge in [0.2, 0.25) is 0 Å². The predicted octanol–water partition coefficient (Wildman–Crippen LogP) is 2.96. The van der Waals surface area contributed by atoms with Crippen molar-refractivity contribution in [2.24, 2.45) is 0 Å². The summed E-state index contributed by atoms with van der Waals surface area (Å²) in [4.78, 5) is 7.92. The van der Waals surface area contributed by atoms with Crippen molar-refractivity contribution in [3.63, 3.8) is 0 Å². The van der Waals surface area contributed by atoms with Gasteiger partial charge in [0.15, 0.2) is 0 Å². The molecular weight excluding hydrogens is 212 g/mol. The standard InChI is InChI=1S/C14H14N2O/c1-11-5-12(7-14(6-11)17-2)3-4-13-8-15-10-16-9-13/h3-10H,1-2H3/b4-3+. The lowest BCUT2D eigenvalue weighted by Gasteiger charge is -2.03. The first-order valence-corrected chi connectivity index (χ1v) is 5.37. The highest BCUT2D eigenvalue weighted by molar-refractivity contribution is 5.69. The Labute approximate surface area is 101 Å². The lowest BCUT2D eigenvalue weighted by Crippen LogP contribution is -1.85. The third-order valence-corrected chi connectivity index (χ3v) is 2.36. The Hall–Kier alpha value is -2.16. The number of rotatable bonds is 3. The minimum atomic E-state index is 0.869. The van der Waals surface area contributed by atoms with Crippen LogP contribution in [-0.2, 0) is 0 Å². The highest BCUT2D eigenvalue weighted by atomic mass is 16.5. The molecular formula is C14H14N2O. The molecule has 0 radical (unpaired) electrons. The molecule has 0 aliphatic rings. The van der Waals surface area contributed by atoms with Crippen LogP contribution in [0.5, 0.6) is 5.75 Å². The van der Waals surface area contributed by atoms with Crippen LogP contribution in [0.25, 0.3) is 12.2 Å². The van der Waals surface area contributed by atoms with Gasteiger partial charge in [0, 0.05) is 18.0 Å². The van der Waals surface area contributed by atoms with Gasteiger partial charge >= 0.3 is 0 Å². The zero-order chi connectivity index (χ0) is 12.1. The molecule has 1 aromatic heterocycles. The summed E-state index contributed by atoms with van der Waals surface area (Å²) in [6.45, 7) is 2.05. The highest BCUT2D eigenvalue weighted by Gasteiger charge is 1.95. The average Bonchev–Trinajstić information content (AvgIpc) is 2.37. The zero-order valence-corrected chi connectivity index (χ0v) is 9.92. The van der Waals surface area contributed by atoms with Crippen LogP contribution >= 0.6 is 0 Å². The molecule has 0 fully saturated rings. The Morgan fingerprint density at radius 1 is 1.00 bits per heavy atom. The van der Waals surface area contributed by atoms with Gasteiger partial charge in [-0.15, -0.1) is 0 Å². The summed E-state index contributed by atoms with van der Waals surface area (Å²) in [5, 5.41) is 0. The van der Waals surface area contributed by atoms with E-state index in [2.05, 4.69) is 16.0 Å². The van der Waals surface area contributed by atoms with Crippen LogP contribution in [0.2, 0.25) is 0 Å². The number of aryl methyl sites for hydroxylation is 1. The molecule has 2 rings (SSSR count). The molecule has 0 unspecified atom stereocenters. The first-order valence-electron chi connectivity index (χ1n) is 5.37. The lowest BCUT2D eigenvalue weighted by atomic mass is 10.1. The summed E-state index contributed by atoms with van der Waals surface area (Å²) in [5.41, 5.74) is 3.26. The highest BCUT2D eigenvalue weighted by Crippen LogP contribution is 2.18. The number of benzene rings is 1. The van der Waals surface area contributed by atoms with E-state index < -0.39 is 0 Å². The third kappa shape index (κ3) is 3.14. The molecule has 0 bridgehead atoms. The first-order chi connectivity index (χ1) is 8.28. The molecule has 0 saturated heterocycles. The van der Waals surface area contributed by atoms with E-state index in [-0.39, 0.29) is 0 Å². The van der Waals surface area contributed by atoms with E-state index in [1.807, 2.05) is 31.2 Å². The van der Waals surface area contributed by atoms with Crippen LogP contribution in [0.1, 0.15) is 16.7 Å². The second-order valence-electron chi connectivity index (χ2n) is 3.79. The van der Waals surface area contributed by atoms with Crippen molar-refractivity contribution in [3.8, 4) is 5.75 Å². The maximum Gasteiger partial charge on any atom is 0.119 e. The van der Waals surface area contributed by atoms with Gasteiger partial charge in [-0.1, -0.05) is 18.2 Å². The second kappa shape index (κ2) is 5.25. The van der Waals surface area contributed by atoms with E-state index in [1.165, 1.54) is 11.9 Å². The van der Waals surface area contributed by atoms with Gasteiger partial charge < -0.3 is 4.74 Å². The van der Waals surface area contributed by atoms with Crippen molar-refractivity contribution >= 4 is 12.2 Å². The molecule has 0 atom stereocenters. The summed E-state index contributed by atoms with van der Waals surface area (Å²) in [6, 6.07) is 6.10. The normalized spacial score (nSPS) is 10.7. The molecule has 2 aromatic rings. The Kier molecular flexibility index (Phi) is 3.50. The van der Waals surface area contributed by atoms with Crippen LogP contribution in [0, 0.1) is 6.92 Å². The van der Waals surface area contributed by atoms with Crippen molar-refractivity contribution in [3.05, 3.63) is 53.6 Å². The number of aromatic nitrogens is 2. The number of nitrogens with zero attached hydrogens (tertiary/aromatic N) is 2. The SMILES string of the molecule is COc1cc(C)cc(/C=C/c2cncnc2)c1. The fraction of sp³-hybridized carbons (Fsp3) is 0.143. The van der Waals surface area contributed by atoms with E-state index in [9.17, 15) is 0 Å². The van der Waals surface area contributed by atoms with Gasteiger partial charge in [0.05, 0.1) is 7.11 Å². The maximum atomic E-state index is 5.23. The molecule has 0 N–H and O–H groups in total. The van der Waals surface area contributed by atoms with Crippen molar-refractivity contribution in [2.45, 2.75) is 6.92 Å². The van der Waals surface area contributed by atoms with E-state index in [0.717, 1.165) is 16.9 Å². The van der Waals surface area contributed by atoms with E-state index >= 15 is 0 Å². The first kappa shape index (κ1) is 11.3. The summed E-state index contributed by atoms with van der Waals surface area (Å²) in [6.07, 6.45) is 9.07. The topological polar surface area (TPSA) is 35.0 Å². The minimum absolute atomic E-state index is 0.869. The Morgan fingerprint density at radius 3 is 2.41 bits per heavy atom. The Bertz CT molecular complexity index is 521. The average molecular weight is 226 g/mol. The molecule has 1 aromatic carbocycles. The maximum absolute atomic E-state index is 5.23. The van der Waals surface area contributed by atoms with Gasteiger partial charge in [0.1, 0.15) is 12.1 Å². The molecule has 0 amide bonds. The summed E-state index contributed by atoms with van der Waals surface area (Å²) < 4.78 is 5.23. The Balaban J connectivity index is 2.24. The van der Waals surface area contributed by atoms with Gasteiger partial charge in [-0.2, -0.15) is 0 Å². The smallest absolute Gasteiger partial charge is 0.119 e. The summed E-state index contributed by atoms with van der Waals surface area (Å²) in [5.74, 6) is 0.869. The van der Waals surface area contributed by atoms with Gasteiger partial charge in [-0.25, -0.2) is 9.97 Å². The molecule has 3 nitrogen and oxygen atoms in total. The summed E-state index contributed by atoms with van der Waals surface area (Å²) >= 11 is 0. The van der Waals surface area contributed by atoms with Crippen LogP contribution in [0.15, 0.2) is 36.9 Å². The predicted molar refractivity (Wildman–Crippen MR) is 68.7 cm³/mol. The van der Waals surface area contributed by atoms with Crippen molar-refractivity contribution in [1.29, 1.82) is 0 Å². The van der Waals surface area contributed by atoms with Crippen LogP contribution in [0.3, 0.4) is 0 Å². The molecule has 1 heterocycles. The second-order valence-corrected chi connectivity index (χ2v) is 3.79. The molecule has 17 heavy (non-hydrogen) atoms. The van der Waals surface area contributed by atoms with Gasteiger partial charge in [-0.3, -0.25) is 0 Å². The number of ether oxygens (including phenoxy) is 1. The molecule has 0 aliphatic heterocycles. The van der Waals surface area contributed by atoms with E-state index in [0.29, 0.717) is 0 Å². The van der Waals surface area contributed by atoms with Crippen LogP contribution < -0.4 is 4.74 Å². The zero-order valence-electron chi connectivity index (χ0n) is 9.92. The molecule has 86 valence electrons. The van der Waals surface area contributed by atoms with E-state index in [4.69, 9.17) is 4.74 Å². The fourth-order valence-electron chi connectivity index (χ4n) is 1.58. The lowest BCUT2D eigenvalue weighted by molar-refractivity contribution is 0.414. The monoisotopic (exact) mass is 226 g/mol.